The van der Waals surface area contributed by atoms with Gasteiger partial charge in [0.25, 0.3) is 0 Å². The van der Waals surface area contributed by atoms with Crippen molar-refractivity contribution in [1.29, 1.82) is 0 Å². The fourth-order valence-corrected chi connectivity index (χ4v) is 4.15. The number of ether oxygens (including phenoxy) is 1. The molecule has 0 spiro atoms. The highest BCUT2D eigenvalue weighted by atomic mass is 16.5. The van der Waals surface area contributed by atoms with Crippen LogP contribution in [0.25, 0.3) is 0 Å². The second-order valence-electron chi connectivity index (χ2n) is 8.32. The summed E-state index contributed by atoms with van der Waals surface area (Å²) < 4.78 is 6.21. The Morgan fingerprint density at radius 1 is 1.10 bits per heavy atom. The summed E-state index contributed by atoms with van der Waals surface area (Å²) >= 11 is 0. The van der Waals surface area contributed by atoms with Crippen molar-refractivity contribution >= 4 is 0 Å². The minimum atomic E-state index is -0.204. The van der Waals surface area contributed by atoms with E-state index in [1.807, 2.05) is 0 Å². The lowest BCUT2D eigenvalue weighted by molar-refractivity contribution is -0.0790. The molecule has 20 heavy (non-hydrogen) atoms. The first-order chi connectivity index (χ1) is 9.13. The SMILES string of the molecule is CC(C)C1CCN(CC2C(N)C(C)(C)OC2(C)C)CC1. The summed E-state index contributed by atoms with van der Waals surface area (Å²) in [7, 11) is 0. The van der Waals surface area contributed by atoms with Crippen molar-refractivity contribution in [2.75, 3.05) is 19.6 Å². The lowest BCUT2D eigenvalue weighted by atomic mass is 9.81. The van der Waals surface area contributed by atoms with Crippen molar-refractivity contribution in [2.24, 2.45) is 23.5 Å². The van der Waals surface area contributed by atoms with Crippen molar-refractivity contribution in [3.05, 3.63) is 0 Å². The van der Waals surface area contributed by atoms with Crippen molar-refractivity contribution < 1.29 is 4.74 Å². The molecule has 2 saturated heterocycles. The first kappa shape index (κ1) is 16.3. The smallest absolute Gasteiger partial charge is 0.0788 e. The van der Waals surface area contributed by atoms with Gasteiger partial charge in [-0.05, 0) is 65.5 Å². The maximum Gasteiger partial charge on any atom is 0.0788 e. The lowest BCUT2D eigenvalue weighted by Gasteiger charge is -2.38. The van der Waals surface area contributed by atoms with Crippen molar-refractivity contribution in [3.63, 3.8) is 0 Å². The first-order valence-electron chi connectivity index (χ1n) is 8.31. The Bertz CT molecular complexity index is 330. The summed E-state index contributed by atoms with van der Waals surface area (Å²) in [6, 6.07) is 0.125. The van der Waals surface area contributed by atoms with Crippen LogP contribution in [0.15, 0.2) is 0 Å². The molecule has 0 bridgehead atoms. The van der Waals surface area contributed by atoms with Crippen molar-refractivity contribution in [3.8, 4) is 0 Å². The molecule has 2 unspecified atom stereocenters. The van der Waals surface area contributed by atoms with E-state index in [0.717, 1.165) is 18.4 Å². The molecule has 3 heteroatoms. The number of hydrogen-bond donors (Lipinski definition) is 1. The maximum atomic E-state index is 6.47. The van der Waals surface area contributed by atoms with Crippen LogP contribution in [-0.2, 0) is 4.74 Å². The standard InChI is InChI=1S/C17H34N2O/c1-12(2)13-7-9-19(10-8-13)11-14-15(18)17(5,6)20-16(14,3)4/h12-15H,7-11,18H2,1-6H3. The Kier molecular flexibility index (Phi) is 4.54. The number of nitrogens with zero attached hydrogens (tertiary/aromatic N) is 1. The van der Waals surface area contributed by atoms with E-state index in [9.17, 15) is 0 Å². The van der Waals surface area contributed by atoms with Crippen LogP contribution < -0.4 is 5.73 Å². The average molecular weight is 282 g/mol. The molecule has 0 aromatic carbocycles. The van der Waals surface area contributed by atoms with Gasteiger partial charge in [-0.1, -0.05) is 13.8 Å². The minimum Gasteiger partial charge on any atom is -0.368 e. The Balaban J connectivity index is 1.94. The highest BCUT2D eigenvalue weighted by Crippen LogP contribution is 2.42. The van der Waals surface area contributed by atoms with Gasteiger partial charge in [0.05, 0.1) is 11.2 Å². The monoisotopic (exact) mass is 282 g/mol. The molecule has 0 aliphatic carbocycles. The zero-order valence-electron chi connectivity index (χ0n) is 14.3. The lowest BCUT2D eigenvalue weighted by Crippen LogP contribution is -2.49. The van der Waals surface area contributed by atoms with Gasteiger partial charge >= 0.3 is 0 Å². The van der Waals surface area contributed by atoms with Crippen LogP contribution in [0.5, 0.6) is 0 Å². The predicted molar refractivity (Wildman–Crippen MR) is 84.7 cm³/mol. The van der Waals surface area contributed by atoms with Gasteiger partial charge in [0.1, 0.15) is 0 Å². The van der Waals surface area contributed by atoms with E-state index in [1.54, 1.807) is 0 Å². The van der Waals surface area contributed by atoms with Crippen molar-refractivity contribution in [2.45, 2.75) is 71.6 Å². The third-order valence-corrected chi connectivity index (χ3v) is 5.69. The van der Waals surface area contributed by atoms with Crippen LogP contribution in [0.4, 0.5) is 0 Å². The molecule has 0 amide bonds. The Labute approximate surface area is 125 Å². The fraction of sp³-hybridized carbons (Fsp3) is 1.00. The van der Waals surface area contributed by atoms with E-state index in [-0.39, 0.29) is 17.2 Å². The topological polar surface area (TPSA) is 38.5 Å². The van der Waals surface area contributed by atoms with Crippen LogP contribution in [0.2, 0.25) is 0 Å². The number of likely N-dealkylation sites (tertiary alicyclic amines) is 1. The average Bonchev–Trinajstić information content (AvgIpc) is 2.48. The molecule has 3 nitrogen and oxygen atoms in total. The van der Waals surface area contributed by atoms with Gasteiger partial charge < -0.3 is 15.4 Å². The van der Waals surface area contributed by atoms with Gasteiger partial charge in [-0.25, -0.2) is 0 Å². The van der Waals surface area contributed by atoms with E-state index < -0.39 is 0 Å². The van der Waals surface area contributed by atoms with Gasteiger partial charge in [0.2, 0.25) is 0 Å². The van der Waals surface area contributed by atoms with Crippen LogP contribution in [0.1, 0.15) is 54.4 Å². The molecule has 2 aliphatic heterocycles. The number of nitrogens with two attached hydrogens (primary N) is 1. The summed E-state index contributed by atoms with van der Waals surface area (Å²) in [5, 5.41) is 0. The molecule has 0 aromatic heterocycles. The summed E-state index contributed by atoms with van der Waals surface area (Å²) in [6.07, 6.45) is 2.68. The van der Waals surface area contributed by atoms with Gasteiger partial charge in [-0.2, -0.15) is 0 Å². The van der Waals surface area contributed by atoms with E-state index in [0.29, 0.717) is 5.92 Å². The summed E-state index contributed by atoms with van der Waals surface area (Å²) in [6.45, 7) is 16.9. The van der Waals surface area contributed by atoms with E-state index >= 15 is 0 Å². The second-order valence-corrected chi connectivity index (χ2v) is 8.32. The molecule has 0 radical (unpaired) electrons. The van der Waals surface area contributed by atoms with Crippen molar-refractivity contribution in [1.82, 2.24) is 4.90 Å². The third-order valence-electron chi connectivity index (χ3n) is 5.69. The number of piperidine rings is 1. The minimum absolute atomic E-state index is 0.113. The number of rotatable bonds is 3. The third kappa shape index (κ3) is 3.20. The molecule has 2 heterocycles. The van der Waals surface area contributed by atoms with Crippen LogP contribution >= 0.6 is 0 Å². The Morgan fingerprint density at radius 3 is 2.05 bits per heavy atom. The molecule has 2 aliphatic rings. The molecule has 2 fully saturated rings. The normalized spacial score (nSPS) is 34.8. The highest BCUT2D eigenvalue weighted by Gasteiger charge is 2.52. The quantitative estimate of drug-likeness (QED) is 0.865. The van der Waals surface area contributed by atoms with Gasteiger partial charge in [-0.15, -0.1) is 0 Å². The Hall–Kier alpha value is -0.120. The zero-order valence-corrected chi connectivity index (χ0v) is 14.3. The molecule has 0 saturated carbocycles. The Morgan fingerprint density at radius 2 is 1.65 bits per heavy atom. The fourth-order valence-electron chi connectivity index (χ4n) is 4.15. The van der Waals surface area contributed by atoms with Crippen LogP contribution in [0.3, 0.4) is 0 Å². The summed E-state index contributed by atoms with van der Waals surface area (Å²) in [5.41, 5.74) is 6.16. The molecular formula is C17H34N2O. The predicted octanol–water partition coefficient (Wildman–Crippen LogP) is 2.89. The molecule has 2 N–H and O–H groups in total. The number of hydrogen-bond acceptors (Lipinski definition) is 3. The molecule has 2 atom stereocenters. The van der Waals surface area contributed by atoms with Gasteiger partial charge in [0, 0.05) is 18.5 Å². The summed E-state index contributed by atoms with van der Waals surface area (Å²) in [4.78, 5) is 2.61. The van der Waals surface area contributed by atoms with Crippen LogP contribution in [0, 0.1) is 17.8 Å². The first-order valence-corrected chi connectivity index (χ1v) is 8.31. The van der Waals surface area contributed by atoms with E-state index in [4.69, 9.17) is 10.5 Å². The maximum absolute atomic E-state index is 6.47. The van der Waals surface area contributed by atoms with Gasteiger partial charge in [0.15, 0.2) is 0 Å². The zero-order chi connectivity index (χ0) is 15.1. The molecule has 118 valence electrons. The second kappa shape index (κ2) is 5.58. The molecule has 0 aromatic rings. The molecular weight excluding hydrogens is 248 g/mol. The van der Waals surface area contributed by atoms with Gasteiger partial charge in [-0.3, -0.25) is 0 Å². The van der Waals surface area contributed by atoms with E-state index in [2.05, 4.69) is 46.4 Å². The van der Waals surface area contributed by atoms with Crippen LogP contribution in [-0.4, -0.2) is 41.8 Å². The summed E-state index contributed by atoms with van der Waals surface area (Å²) in [5.74, 6) is 2.15. The highest BCUT2D eigenvalue weighted by molar-refractivity contribution is 5.04. The largest absolute Gasteiger partial charge is 0.368 e. The molecule has 2 rings (SSSR count). The van der Waals surface area contributed by atoms with E-state index in [1.165, 1.54) is 25.9 Å².